The summed E-state index contributed by atoms with van der Waals surface area (Å²) in [5.41, 5.74) is 3.76. The summed E-state index contributed by atoms with van der Waals surface area (Å²) in [4.78, 5) is 6.68. The van der Waals surface area contributed by atoms with Crippen LogP contribution in [0.1, 0.15) is 46.2 Å². The molecule has 2 aromatic heterocycles. The molecule has 0 bridgehead atoms. The van der Waals surface area contributed by atoms with Crippen molar-refractivity contribution >= 4 is 5.95 Å². The summed E-state index contributed by atoms with van der Waals surface area (Å²) < 4.78 is 0. The number of phenolic OH excluding ortho intramolecular Hbond substituents is 1. The second kappa shape index (κ2) is 8.09. The molecule has 8 heteroatoms. The quantitative estimate of drug-likeness (QED) is 0.642. The monoisotopic (exact) mass is 433 g/mol. The number of piperidine rings is 1. The van der Waals surface area contributed by atoms with Gasteiger partial charge in [-0.1, -0.05) is 6.07 Å². The minimum Gasteiger partial charge on any atom is -0.507 e. The second-order valence-corrected chi connectivity index (χ2v) is 10.0. The predicted octanol–water partition coefficient (Wildman–Crippen LogP) is 3.76. The molecule has 1 fully saturated rings. The highest BCUT2D eigenvalue weighted by atomic mass is 16.3. The Morgan fingerprint density at radius 3 is 2.28 bits per heavy atom. The van der Waals surface area contributed by atoms with E-state index in [2.05, 4.69) is 63.3 Å². The van der Waals surface area contributed by atoms with Gasteiger partial charge in [0.2, 0.25) is 5.95 Å². The minimum atomic E-state index is 0.0322. The van der Waals surface area contributed by atoms with Crippen molar-refractivity contribution in [2.24, 2.45) is 0 Å². The lowest BCUT2D eigenvalue weighted by Crippen LogP contribution is -2.62. The number of nitrogens with zero attached hydrogens (tertiary/aromatic N) is 6. The molecule has 1 aliphatic heterocycles. The Kier molecular flexibility index (Phi) is 5.58. The van der Waals surface area contributed by atoms with Crippen LogP contribution in [0.15, 0.2) is 36.7 Å². The van der Waals surface area contributed by atoms with Gasteiger partial charge in [0, 0.05) is 35.3 Å². The average Bonchev–Trinajstić information content (AvgIpc) is 2.71. The summed E-state index contributed by atoms with van der Waals surface area (Å²) in [7, 11) is 2.02. The number of rotatable bonds is 4. The highest BCUT2D eigenvalue weighted by molar-refractivity contribution is 5.73. The molecule has 3 aromatic rings. The molecule has 3 heterocycles. The third-order valence-electron chi connectivity index (χ3n) is 5.97. The number of anilines is 1. The number of aromatic nitrogens is 5. The third-order valence-corrected chi connectivity index (χ3v) is 5.97. The summed E-state index contributed by atoms with van der Waals surface area (Å²) in [5.74, 6) is 0.706. The molecular weight excluding hydrogens is 402 g/mol. The fourth-order valence-corrected chi connectivity index (χ4v) is 4.82. The van der Waals surface area contributed by atoms with Gasteiger partial charge in [0.05, 0.1) is 18.1 Å². The zero-order valence-electron chi connectivity index (χ0n) is 19.6. The van der Waals surface area contributed by atoms with E-state index in [1.54, 1.807) is 18.5 Å². The van der Waals surface area contributed by atoms with Crippen LogP contribution < -0.4 is 10.2 Å². The molecule has 0 amide bonds. The van der Waals surface area contributed by atoms with Gasteiger partial charge in [-0.2, -0.15) is 10.2 Å². The van der Waals surface area contributed by atoms with Gasteiger partial charge >= 0.3 is 0 Å². The molecule has 1 saturated heterocycles. The molecule has 0 spiro atoms. The maximum atomic E-state index is 10.6. The van der Waals surface area contributed by atoms with Crippen LogP contribution in [-0.2, 0) is 0 Å². The van der Waals surface area contributed by atoms with Crippen molar-refractivity contribution in [1.82, 2.24) is 30.7 Å². The van der Waals surface area contributed by atoms with E-state index >= 15 is 0 Å². The van der Waals surface area contributed by atoms with Gasteiger partial charge < -0.3 is 15.3 Å². The zero-order valence-corrected chi connectivity index (χ0v) is 19.6. The van der Waals surface area contributed by atoms with Crippen LogP contribution in [-0.4, -0.2) is 54.7 Å². The van der Waals surface area contributed by atoms with Gasteiger partial charge in [-0.05, 0) is 71.2 Å². The lowest BCUT2D eigenvalue weighted by atomic mass is 9.79. The Bertz CT molecular complexity index is 1100. The van der Waals surface area contributed by atoms with E-state index in [-0.39, 0.29) is 16.8 Å². The van der Waals surface area contributed by atoms with Crippen molar-refractivity contribution in [3.8, 4) is 28.1 Å². The summed E-state index contributed by atoms with van der Waals surface area (Å²) >= 11 is 0. The number of phenols is 1. The molecule has 2 N–H and O–H groups in total. The average molecular weight is 434 g/mol. The Balaban J connectivity index is 1.55. The molecule has 0 aliphatic carbocycles. The number of hydrogen-bond acceptors (Lipinski definition) is 8. The summed E-state index contributed by atoms with van der Waals surface area (Å²) in [6, 6.07) is 7.68. The normalized spacial score (nSPS) is 17.8. The molecule has 0 saturated carbocycles. The number of nitrogens with one attached hydrogen (secondary N) is 1. The van der Waals surface area contributed by atoms with Crippen LogP contribution in [0.2, 0.25) is 0 Å². The van der Waals surface area contributed by atoms with Crippen LogP contribution in [0.5, 0.6) is 5.75 Å². The highest BCUT2D eigenvalue weighted by Gasteiger charge is 2.39. The first-order valence-electron chi connectivity index (χ1n) is 10.9. The van der Waals surface area contributed by atoms with Crippen molar-refractivity contribution < 1.29 is 5.11 Å². The van der Waals surface area contributed by atoms with Gasteiger partial charge in [-0.3, -0.25) is 0 Å². The number of aryl methyl sites for hydroxylation is 1. The number of benzene rings is 1. The Morgan fingerprint density at radius 1 is 0.969 bits per heavy atom. The molecule has 1 aromatic carbocycles. The first-order chi connectivity index (χ1) is 15.0. The number of hydrogen-bond donors (Lipinski definition) is 2. The lowest BCUT2D eigenvalue weighted by Gasteiger charge is -2.48. The largest absolute Gasteiger partial charge is 0.507 e. The van der Waals surface area contributed by atoms with Crippen LogP contribution in [0.25, 0.3) is 22.4 Å². The van der Waals surface area contributed by atoms with Crippen LogP contribution in [0.4, 0.5) is 5.95 Å². The standard InChI is InChI=1S/C24H31N7O/c1-15-9-17(13-26-27-15)16-7-8-19(21(32)10-16)20-14-25-22(29-28-20)31(6)18-11-23(2,3)30-24(4,5)12-18/h7-10,13-14,18,30,32H,11-12H2,1-6H3. The highest BCUT2D eigenvalue weighted by Crippen LogP contribution is 2.34. The Labute approximate surface area is 189 Å². The molecule has 0 radical (unpaired) electrons. The molecule has 0 unspecified atom stereocenters. The second-order valence-electron chi connectivity index (χ2n) is 10.0. The van der Waals surface area contributed by atoms with Gasteiger partial charge in [0.15, 0.2) is 0 Å². The van der Waals surface area contributed by atoms with Crippen LogP contribution in [0, 0.1) is 6.92 Å². The topological polar surface area (TPSA) is 100.0 Å². The first kappa shape index (κ1) is 22.1. The van der Waals surface area contributed by atoms with E-state index in [4.69, 9.17) is 0 Å². The molecular formula is C24H31N7O. The van der Waals surface area contributed by atoms with Gasteiger partial charge in [-0.25, -0.2) is 4.98 Å². The van der Waals surface area contributed by atoms with Crippen molar-refractivity contribution in [2.75, 3.05) is 11.9 Å². The zero-order chi connectivity index (χ0) is 23.1. The van der Waals surface area contributed by atoms with Crippen molar-refractivity contribution in [3.05, 3.63) is 42.4 Å². The van der Waals surface area contributed by atoms with Crippen molar-refractivity contribution in [3.63, 3.8) is 0 Å². The smallest absolute Gasteiger partial charge is 0.245 e. The Hall–Kier alpha value is -3.13. The summed E-state index contributed by atoms with van der Waals surface area (Å²) in [5, 5.41) is 31.0. The van der Waals surface area contributed by atoms with E-state index < -0.39 is 0 Å². The first-order valence-corrected chi connectivity index (χ1v) is 10.9. The Morgan fingerprint density at radius 2 is 1.69 bits per heavy atom. The fourth-order valence-electron chi connectivity index (χ4n) is 4.82. The SMILES string of the molecule is Cc1cc(-c2ccc(-c3cnc(N(C)C4CC(C)(C)NC(C)(C)C4)nn3)c(O)c2)cnn1. The maximum Gasteiger partial charge on any atom is 0.245 e. The van der Waals surface area contributed by atoms with Gasteiger partial charge in [0.1, 0.15) is 11.4 Å². The van der Waals surface area contributed by atoms with E-state index in [0.29, 0.717) is 23.2 Å². The van der Waals surface area contributed by atoms with Crippen molar-refractivity contribution in [2.45, 2.75) is 64.6 Å². The van der Waals surface area contributed by atoms with Gasteiger partial charge in [0.25, 0.3) is 0 Å². The van der Waals surface area contributed by atoms with Gasteiger partial charge in [-0.15, -0.1) is 10.2 Å². The molecule has 0 atom stereocenters. The summed E-state index contributed by atoms with van der Waals surface area (Å²) in [6.45, 7) is 10.8. The molecule has 8 nitrogen and oxygen atoms in total. The van der Waals surface area contributed by atoms with E-state index in [1.807, 2.05) is 32.2 Å². The van der Waals surface area contributed by atoms with E-state index in [0.717, 1.165) is 29.7 Å². The molecule has 168 valence electrons. The minimum absolute atomic E-state index is 0.0322. The fraction of sp³-hybridized carbons (Fsp3) is 0.458. The van der Waals surface area contributed by atoms with Crippen molar-refractivity contribution in [1.29, 1.82) is 0 Å². The van der Waals surface area contributed by atoms with Crippen LogP contribution in [0.3, 0.4) is 0 Å². The maximum absolute atomic E-state index is 10.6. The molecule has 4 rings (SSSR count). The van der Waals surface area contributed by atoms with E-state index in [1.165, 1.54) is 0 Å². The third kappa shape index (κ3) is 4.70. The molecule has 32 heavy (non-hydrogen) atoms. The molecule has 1 aliphatic rings. The van der Waals surface area contributed by atoms with E-state index in [9.17, 15) is 5.11 Å². The lowest BCUT2D eigenvalue weighted by molar-refractivity contribution is 0.160. The predicted molar refractivity (Wildman–Crippen MR) is 125 cm³/mol. The summed E-state index contributed by atoms with van der Waals surface area (Å²) in [6.07, 6.45) is 5.33. The number of aromatic hydroxyl groups is 1. The van der Waals surface area contributed by atoms with Crippen LogP contribution >= 0.6 is 0 Å².